The number of thiophene rings is 1. The summed E-state index contributed by atoms with van der Waals surface area (Å²) in [5.41, 5.74) is 1.43. The lowest BCUT2D eigenvalue weighted by Crippen LogP contribution is -2.40. The van der Waals surface area contributed by atoms with Crippen LogP contribution in [0.5, 0.6) is 0 Å². The quantitative estimate of drug-likeness (QED) is 0.753. The summed E-state index contributed by atoms with van der Waals surface area (Å²) in [7, 11) is 2.26. The Labute approximate surface area is 136 Å². The van der Waals surface area contributed by atoms with Gasteiger partial charge in [-0.2, -0.15) is 0 Å². The monoisotopic (exact) mass is 358 g/mol. The molecular weight excluding hydrogens is 332 g/mol. The minimum Gasteiger partial charge on any atom is -0.314 e. The molecule has 1 aliphatic rings. The van der Waals surface area contributed by atoms with E-state index in [0.717, 1.165) is 25.0 Å². The van der Waals surface area contributed by atoms with Gasteiger partial charge in [-0.1, -0.05) is 26.2 Å². The van der Waals surface area contributed by atoms with Crippen LogP contribution < -0.4 is 5.32 Å². The zero-order valence-corrected chi connectivity index (χ0v) is 15.1. The lowest BCUT2D eigenvalue weighted by Gasteiger charge is -2.30. The second kappa shape index (κ2) is 8.52. The highest BCUT2D eigenvalue weighted by atomic mass is 79.9. The summed E-state index contributed by atoms with van der Waals surface area (Å²) >= 11 is 5.33. The number of rotatable bonds is 6. The van der Waals surface area contributed by atoms with Crippen LogP contribution in [-0.4, -0.2) is 31.1 Å². The molecule has 4 heteroatoms. The SMILES string of the molecule is CCNC1CCCCCC1CN(C)Cc1csc(Br)c1. The molecular formula is C16H27BrN2S. The smallest absolute Gasteiger partial charge is 0.0701 e. The van der Waals surface area contributed by atoms with Gasteiger partial charge < -0.3 is 10.2 Å². The van der Waals surface area contributed by atoms with Crippen molar-refractivity contribution in [2.75, 3.05) is 20.1 Å². The van der Waals surface area contributed by atoms with Gasteiger partial charge in [0.05, 0.1) is 3.79 Å². The number of nitrogens with zero attached hydrogens (tertiary/aromatic N) is 1. The third kappa shape index (κ3) is 5.14. The van der Waals surface area contributed by atoms with Crippen molar-refractivity contribution in [3.8, 4) is 0 Å². The van der Waals surface area contributed by atoms with Crippen LogP contribution in [0.2, 0.25) is 0 Å². The summed E-state index contributed by atoms with van der Waals surface area (Å²) in [4.78, 5) is 2.49. The van der Waals surface area contributed by atoms with Crippen LogP contribution in [0.15, 0.2) is 15.2 Å². The fourth-order valence-corrected chi connectivity index (χ4v) is 4.54. The van der Waals surface area contributed by atoms with Gasteiger partial charge in [0.25, 0.3) is 0 Å². The molecule has 2 atom stereocenters. The average molecular weight is 359 g/mol. The number of halogens is 1. The Morgan fingerprint density at radius 3 is 2.85 bits per heavy atom. The van der Waals surface area contributed by atoms with E-state index in [2.05, 4.69) is 51.6 Å². The largest absolute Gasteiger partial charge is 0.314 e. The predicted molar refractivity (Wildman–Crippen MR) is 92.4 cm³/mol. The van der Waals surface area contributed by atoms with Crippen LogP contribution in [0.4, 0.5) is 0 Å². The Bertz CT molecular complexity index is 394. The maximum Gasteiger partial charge on any atom is 0.0701 e. The highest BCUT2D eigenvalue weighted by molar-refractivity contribution is 9.11. The summed E-state index contributed by atoms with van der Waals surface area (Å²) in [5.74, 6) is 0.810. The molecule has 1 aromatic heterocycles. The fraction of sp³-hybridized carbons (Fsp3) is 0.750. The molecule has 2 nitrogen and oxygen atoms in total. The molecule has 0 bridgehead atoms. The van der Waals surface area contributed by atoms with Crippen molar-refractivity contribution in [2.24, 2.45) is 5.92 Å². The van der Waals surface area contributed by atoms with E-state index in [1.807, 2.05) is 0 Å². The molecule has 0 radical (unpaired) electrons. The maximum atomic E-state index is 3.72. The van der Waals surface area contributed by atoms with Crippen molar-refractivity contribution in [1.82, 2.24) is 10.2 Å². The van der Waals surface area contributed by atoms with E-state index in [1.165, 1.54) is 48.0 Å². The van der Waals surface area contributed by atoms with Crippen molar-refractivity contribution in [2.45, 2.75) is 51.6 Å². The van der Waals surface area contributed by atoms with E-state index >= 15 is 0 Å². The van der Waals surface area contributed by atoms with Gasteiger partial charge in [-0.25, -0.2) is 0 Å². The van der Waals surface area contributed by atoms with Gasteiger partial charge in [0.1, 0.15) is 0 Å². The van der Waals surface area contributed by atoms with E-state index in [-0.39, 0.29) is 0 Å². The Hall–Kier alpha value is 0.100. The van der Waals surface area contributed by atoms with Gasteiger partial charge in [0, 0.05) is 19.1 Å². The van der Waals surface area contributed by atoms with Gasteiger partial charge in [-0.15, -0.1) is 11.3 Å². The molecule has 0 aromatic carbocycles. The number of hydrogen-bond donors (Lipinski definition) is 1. The Kier molecular flexibility index (Phi) is 7.02. The lowest BCUT2D eigenvalue weighted by molar-refractivity contribution is 0.220. The van der Waals surface area contributed by atoms with E-state index in [4.69, 9.17) is 0 Å². The fourth-order valence-electron chi connectivity index (χ4n) is 3.34. The Balaban J connectivity index is 1.87. The molecule has 0 amide bonds. The van der Waals surface area contributed by atoms with Crippen molar-refractivity contribution in [3.05, 3.63) is 20.8 Å². The molecule has 0 saturated heterocycles. The van der Waals surface area contributed by atoms with Gasteiger partial charge in [-0.05, 0) is 65.3 Å². The predicted octanol–water partition coefficient (Wildman–Crippen LogP) is 4.50. The van der Waals surface area contributed by atoms with Crippen molar-refractivity contribution in [1.29, 1.82) is 0 Å². The second-order valence-corrected chi connectivity index (χ2v) is 8.31. The summed E-state index contributed by atoms with van der Waals surface area (Å²) in [6.07, 6.45) is 6.96. The van der Waals surface area contributed by atoms with E-state index < -0.39 is 0 Å². The molecule has 2 rings (SSSR count). The second-order valence-electron chi connectivity index (χ2n) is 6.02. The number of nitrogens with one attached hydrogen (secondary N) is 1. The first-order valence-electron chi connectivity index (χ1n) is 7.84. The molecule has 1 N–H and O–H groups in total. The topological polar surface area (TPSA) is 15.3 Å². The summed E-state index contributed by atoms with van der Waals surface area (Å²) in [6, 6.07) is 2.97. The van der Waals surface area contributed by atoms with E-state index in [1.54, 1.807) is 11.3 Å². The van der Waals surface area contributed by atoms with Crippen LogP contribution in [0, 0.1) is 5.92 Å². The van der Waals surface area contributed by atoms with Crippen LogP contribution in [0.25, 0.3) is 0 Å². The Morgan fingerprint density at radius 2 is 2.15 bits per heavy atom. The van der Waals surface area contributed by atoms with Crippen LogP contribution in [-0.2, 0) is 6.54 Å². The minimum atomic E-state index is 0.721. The van der Waals surface area contributed by atoms with Crippen LogP contribution >= 0.6 is 27.3 Å². The molecule has 1 fully saturated rings. The van der Waals surface area contributed by atoms with Crippen LogP contribution in [0.1, 0.15) is 44.6 Å². The summed E-state index contributed by atoms with van der Waals surface area (Å²) in [6.45, 7) is 5.61. The van der Waals surface area contributed by atoms with Crippen molar-refractivity contribution in [3.63, 3.8) is 0 Å². The molecule has 20 heavy (non-hydrogen) atoms. The van der Waals surface area contributed by atoms with Gasteiger partial charge in [0.2, 0.25) is 0 Å². The van der Waals surface area contributed by atoms with E-state index in [9.17, 15) is 0 Å². The maximum absolute atomic E-state index is 3.72. The molecule has 0 spiro atoms. The summed E-state index contributed by atoms with van der Waals surface area (Å²) < 4.78 is 1.24. The first-order chi connectivity index (χ1) is 9.69. The zero-order valence-electron chi connectivity index (χ0n) is 12.7. The molecule has 1 aliphatic carbocycles. The molecule has 114 valence electrons. The number of hydrogen-bond acceptors (Lipinski definition) is 3. The highest BCUT2D eigenvalue weighted by Gasteiger charge is 2.24. The molecule has 1 aromatic rings. The standard InChI is InChI=1S/C16H27BrN2S/c1-3-18-15-8-6-4-5-7-14(15)11-19(2)10-13-9-16(17)20-12-13/h9,12,14-15,18H,3-8,10-11H2,1-2H3. The first kappa shape index (κ1) is 16.5. The van der Waals surface area contributed by atoms with Gasteiger partial charge in [0.15, 0.2) is 0 Å². The normalized spacial score (nSPS) is 24.0. The highest BCUT2D eigenvalue weighted by Crippen LogP contribution is 2.26. The average Bonchev–Trinajstić information content (AvgIpc) is 2.68. The van der Waals surface area contributed by atoms with Crippen LogP contribution in [0.3, 0.4) is 0 Å². The van der Waals surface area contributed by atoms with Gasteiger partial charge >= 0.3 is 0 Å². The van der Waals surface area contributed by atoms with E-state index in [0.29, 0.717) is 0 Å². The van der Waals surface area contributed by atoms with Gasteiger partial charge in [-0.3, -0.25) is 0 Å². The molecule has 0 aliphatic heterocycles. The lowest BCUT2D eigenvalue weighted by atomic mass is 9.94. The van der Waals surface area contributed by atoms with Crippen molar-refractivity contribution >= 4 is 27.3 Å². The third-order valence-electron chi connectivity index (χ3n) is 4.25. The molecule has 2 unspecified atom stereocenters. The first-order valence-corrected chi connectivity index (χ1v) is 9.51. The molecule has 1 heterocycles. The Morgan fingerprint density at radius 1 is 1.35 bits per heavy atom. The third-order valence-corrected chi connectivity index (χ3v) is 5.80. The minimum absolute atomic E-state index is 0.721. The summed E-state index contributed by atoms with van der Waals surface area (Å²) in [5, 5.41) is 5.98. The molecule has 1 saturated carbocycles. The van der Waals surface area contributed by atoms with Crippen molar-refractivity contribution < 1.29 is 0 Å². The zero-order chi connectivity index (χ0) is 14.4.